The molecule has 0 aliphatic carbocycles. The molecule has 0 aromatic heterocycles. The molecule has 1 heterocycles. The molecule has 0 radical (unpaired) electrons. The van der Waals surface area contributed by atoms with E-state index < -0.39 is 0 Å². The Balaban J connectivity index is 1.92. The molecule has 1 amide bonds. The fourth-order valence-corrected chi connectivity index (χ4v) is 2.74. The van der Waals surface area contributed by atoms with Crippen molar-refractivity contribution in [2.45, 2.75) is 39.2 Å². The van der Waals surface area contributed by atoms with Gasteiger partial charge >= 0.3 is 0 Å². The number of likely N-dealkylation sites (tertiary alicyclic amines) is 1. The molecule has 1 saturated heterocycles. The van der Waals surface area contributed by atoms with Crippen LogP contribution < -0.4 is 5.32 Å². The Hall–Kier alpha value is -1.35. The Bertz CT molecular complexity index is 429. The molecule has 1 atom stereocenters. The first kappa shape index (κ1) is 14.1. The monoisotopic (exact) mass is 260 g/mol. The molecule has 0 saturated carbocycles. The van der Waals surface area contributed by atoms with Gasteiger partial charge in [0.25, 0.3) is 0 Å². The summed E-state index contributed by atoms with van der Waals surface area (Å²) in [4.78, 5) is 14.3. The fraction of sp³-hybridized carbons (Fsp3) is 0.562. The average Bonchev–Trinajstić information content (AvgIpc) is 2.42. The van der Waals surface area contributed by atoms with Crippen molar-refractivity contribution >= 4 is 5.91 Å². The van der Waals surface area contributed by atoms with E-state index in [0.29, 0.717) is 0 Å². The zero-order valence-corrected chi connectivity index (χ0v) is 12.0. The number of piperidine rings is 1. The Morgan fingerprint density at radius 1 is 1.37 bits per heavy atom. The van der Waals surface area contributed by atoms with Gasteiger partial charge in [0.1, 0.15) is 0 Å². The van der Waals surface area contributed by atoms with E-state index in [9.17, 15) is 4.79 Å². The number of hydrogen-bond acceptors (Lipinski definition) is 2. The van der Waals surface area contributed by atoms with Crippen LogP contribution in [-0.2, 0) is 11.2 Å². The molecule has 1 aromatic carbocycles. The zero-order valence-electron chi connectivity index (χ0n) is 12.0. The molecule has 1 aromatic rings. The molecule has 3 nitrogen and oxygen atoms in total. The van der Waals surface area contributed by atoms with Crippen molar-refractivity contribution in [2.24, 2.45) is 0 Å². The Kier molecular flexibility index (Phi) is 4.97. The maximum atomic E-state index is 12.3. The van der Waals surface area contributed by atoms with Gasteiger partial charge in [0, 0.05) is 13.1 Å². The standard InChI is InChI=1S/C16H24N2O/c1-3-17-15-9-6-11-18(16(15)19)12-10-14-8-5-4-7-13(14)2/h4-5,7-8,15,17H,3,6,9-12H2,1-2H3. The summed E-state index contributed by atoms with van der Waals surface area (Å²) in [6, 6.07) is 8.46. The maximum Gasteiger partial charge on any atom is 0.239 e. The fourth-order valence-electron chi connectivity index (χ4n) is 2.74. The molecule has 1 unspecified atom stereocenters. The van der Waals surface area contributed by atoms with Gasteiger partial charge in [-0.1, -0.05) is 31.2 Å². The summed E-state index contributed by atoms with van der Waals surface area (Å²) in [6.07, 6.45) is 3.04. The van der Waals surface area contributed by atoms with Crippen molar-refractivity contribution < 1.29 is 4.79 Å². The smallest absolute Gasteiger partial charge is 0.239 e. The number of carbonyl (C=O) groups excluding carboxylic acids is 1. The summed E-state index contributed by atoms with van der Waals surface area (Å²) < 4.78 is 0. The first-order valence-electron chi connectivity index (χ1n) is 7.29. The Morgan fingerprint density at radius 3 is 2.89 bits per heavy atom. The molecule has 1 aliphatic rings. The summed E-state index contributed by atoms with van der Waals surface area (Å²) in [5.41, 5.74) is 2.66. The van der Waals surface area contributed by atoms with Crippen LogP contribution in [0.4, 0.5) is 0 Å². The molecule has 3 heteroatoms. The minimum absolute atomic E-state index is 0.0376. The van der Waals surface area contributed by atoms with Crippen molar-refractivity contribution in [1.29, 1.82) is 0 Å². The topological polar surface area (TPSA) is 32.3 Å². The van der Waals surface area contributed by atoms with Crippen LogP contribution >= 0.6 is 0 Å². The summed E-state index contributed by atoms with van der Waals surface area (Å²) >= 11 is 0. The van der Waals surface area contributed by atoms with Gasteiger partial charge < -0.3 is 10.2 Å². The van der Waals surface area contributed by atoms with Crippen LogP contribution in [0.15, 0.2) is 24.3 Å². The second kappa shape index (κ2) is 6.71. The summed E-state index contributed by atoms with van der Waals surface area (Å²) in [7, 11) is 0. The van der Waals surface area contributed by atoms with Crippen molar-refractivity contribution in [2.75, 3.05) is 19.6 Å². The highest BCUT2D eigenvalue weighted by Crippen LogP contribution is 2.14. The van der Waals surface area contributed by atoms with Crippen LogP contribution in [0.5, 0.6) is 0 Å². The van der Waals surface area contributed by atoms with E-state index in [1.807, 2.05) is 4.90 Å². The molecule has 1 N–H and O–H groups in total. The van der Waals surface area contributed by atoms with Crippen molar-refractivity contribution in [3.8, 4) is 0 Å². The highest BCUT2D eigenvalue weighted by molar-refractivity contribution is 5.82. The molecule has 0 bridgehead atoms. The quantitative estimate of drug-likeness (QED) is 0.879. The molecule has 1 aliphatic heterocycles. The van der Waals surface area contributed by atoms with Gasteiger partial charge in [0.15, 0.2) is 0 Å². The first-order valence-corrected chi connectivity index (χ1v) is 7.29. The predicted octanol–water partition coefficient (Wildman–Crippen LogP) is 2.14. The number of nitrogens with zero attached hydrogens (tertiary/aromatic N) is 1. The molecule has 19 heavy (non-hydrogen) atoms. The summed E-state index contributed by atoms with van der Waals surface area (Å²) in [5.74, 6) is 0.279. The van der Waals surface area contributed by atoms with Crippen LogP contribution in [0.2, 0.25) is 0 Å². The van der Waals surface area contributed by atoms with Crippen LogP contribution in [0.3, 0.4) is 0 Å². The lowest BCUT2D eigenvalue weighted by Gasteiger charge is -2.32. The largest absolute Gasteiger partial charge is 0.341 e. The number of carbonyl (C=O) groups is 1. The van der Waals surface area contributed by atoms with Gasteiger partial charge in [0.2, 0.25) is 5.91 Å². The van der Waals surface area contributed by atoms with E-state index in [1.54, 1.807) is 0 Å². The Morgan fingerprint density at radius 2 is 2.16 bits per heavy atom. The average molecular weight is 260 g/mol. The summed E-state index contributed by atoms with van der Waals surface area (Å²) in [6.45, 7) is 6.80. The van der Waals surface area contributed by atoms with Gasteiger partial charge in [-0.2, -0.15) is 0 Å². The van der Waals surface area contributed by atoms with E-state index >= 15 is 0 Å². The van der Waals surface area contributed by atoms with Crippen LogP contribution in [0.25, 0.3) is 0 Å². The van der Waals surface area contributed by atoms with Gasteiger partial charge in [-0.05, 0) is 43.9 Å². The van der Waals surface area contributed by atoms with E-state index in [2.05, 4.69) is 43.4 Å². The SMILES string of the molecule is CCNC1CCCN(CCc2ccccc2C)C1=O. The van der Waals surface area contributed by atoms with Gasteiger partial charge in [-0.3, -0.25) is 4.79 Å². The molecule has 0 spiro atoms. The minimum Gasteiger partial charge on any atom is -0.341 e. The maximum absolute atomic E-state index is 12.3. The number of amides is 1. The molecule has 1 fully saturated rings. The first-order chi connectivity index (χ1) is 9.22. The zero-order chi connectivity index (χ0) is 13.7. The number of aryl methyl sites for hydroxylation is 1. The number of nitrogens with one attached hydrogen (secondary N) is 1. The predicted molar refractivity (Wildman–Crippen MR) is 78.2 cm³/mol. The van der Waals surface area contributed by atoms with E-state index in [4.69, 9.17) is 0 Å². The summed E-state index contributed by atoms with van der Waals surface area (Å²) in [5, 5.41) is 3.28. The Labute approximate surface area is 116 Å². The van der Waals surface area contributed by atoms with Crippen molar-refractivity contribution in [3.63, 3.8) is 0 Å². The normalized spacial score (nSPS) is 19.8. The third kappa shape index (κ3) is 3.57. The second-order valence-electron chi connectivity index (χ2n) is 5.25. The van der Waals surface area contributed by atoms with E-state index in [1.165, 1.54) is 11.1 Å². The molecular weight excluding hydrogens is 236 g/mol. The van der Waals surface area contributed by atoms with Gasteiger partial charge in [-0.15, -0.1) is 0 Å². The van der Waals surface area contributed by atoms with Gasteiger partial charge in [0.05, 0.1) is 6.04 Å². The van der Waals surface area contributed by atoms with Crippen LogP contribution in [0, 0.1) is 6.92 Å². The highest BCUT2D eigenvalue weighted by atomic mass is 16.2. The number of benzene rings is 1. The molecule has 2 rings (SSSR count). The highest BCUT2D eigenvalue weighted by Gasteiger charge is 2.27. The molecular formula is C16H24N2O. The lowest BCUT2D eigenvalue weighted by Crippen LogP contribution is -2.51. The van der Waals surface area contributed by atoms with E-state index in [-0.39, 0.29) is 11.9 Å². The molecule has 104 valence electrons. The van der Waals surface area contributed by atoms with Gasteiger partial charge in [-0.25, -0.2) is 0 Å². The lowest BCUT2D eigenvalue weighted by atomic mass is 10.0. The lowest BCUT2D eigenvalue weighted by molar-refractivity contribution is -0.135. The third-order valence-electron chi connectivity index (χ3n) is 3.89. The minimum atomic E-state index is 0.0376. The van der Waals surface area contributed by atoms with Crippen LogP contribution in [-0.4, -0.2) is 36.5 Å². The number of rotatable bonds is 5. The second-order valence-corrected chi connectivity index (χ2v) is 5.25. The van der Waals surface area contributed by atoms with Crippen molar-refractivity contribution in [3.05, 3.63) is 35.4 Å². The van der Waals surface area contributed by atoms with E-state index in [0.717, 1.165) is 38.9 Å². The van der Waals surface area contributed by atoms with Crippen molar-refractivity contribution in [1.82, 2.24) is 10.2 Å². The number of likely N-dealkylation sites (N-methyl/N-ethyl adjacent to an activating group) is 1. The van der Waals surface area contributed by atoms with Crippen LogP contribution in [0.1, 0.15) is 30.9 Å². The third-order valence-corrected chi connectivity index (χ3v) is 3.89. The number of hydrogen-bond donors (Lipinski definition) is 1.